The molecule has 34 heavy (non-hydrogen) atoms. The number of nitrogens with one attached hydrogen (secondary N) is 1. The van der Waals surface area contributed by atoms with Gasteiger partial charge in [-0.15, -0.1) is 0 Å². The quantitative estimate of drug-likeness (QED) is 0.103. The van der Waals surface area contributed by atoms with Crippen LogP contribution < -0.4 is 11.1 Å². The number of rotatable bonds is 25. The molecule has 0 aliphatic rings. The molecule has 0 radical (unpaired) electrons. The fourth-order valence-corrected chi connectivity index (χ4v) is 4.18. The molecule has 0 rings (SSSR count). The van der Waals surface area contributed by atoms with Gasteiger partial charge in [0.15, 0.2) is 0 Å². The molecule has 0 bridgehead atoms. The lowest BCUT2D eigenvalue weighted by atomic mass is 9.88. The third kappa shape index (κ3) is 17.6. The summed E-state index contributed by atoms with van der Waals surface area (Å²) in [4.78, 5) is 9.49. The van der Waals surface area contributed by atoms with Gasteiger partial charge in [-0.2, -0.15) is 0 Å². The third-order valence-corrected chi connectivity index (χ3v) is 5.80. The second-order valence-electron chi connectivity index (χ2n) is 8.80. The fourth-order valence-electron chi connectivity index (χ4n) is 4.18. The molecule has 3 N–H and O–H groups in total. The van der Waals surface area contributed by atoms with Crippen LogP contribution in [0, 0.1) is 5.92 Å². The van der Waals surface area contributed by atoms with E-state index in [1.807, 2.05) is 0 Å². The molecule has 7 heteroatoms. The average Bonchev–Trinajstić information content (AvgIpc) is 2.84. The van der Waals surface area contributed by atoms with Crippen LogP contribution >= 0.6 is 0 Å². The van der Waals surface area contributed by atoms with Gasteiger partial charge in [-0.3, -0.25) is 15.3 Å². The highest BCUT2D eigenvalue weighted by molar-refractivity contribution is 6.42. The number of nitrogens with zero attached hydrogens (tertiary/aromatic N) is 2. The fraction of sp³-hybridized carbons (Fsp3) is 0.926. The summed E-state index contributed by atoms with van der Waals surface area (Å²) >= 11 is 0. The highest BCUT2D eigenvalue weighted by atomic mass is 16.5. The molecule has 0 fully saturated rings. The first-order chi connectivity index (χ1) is 16.7. The van der Waals surface area contributed by atoms with Gasteiger partial charge in [0.1, 0.15) is 6.73 Å². The largest absolute Gasteiger partial charge is 0.382 e. The number of hydrogen-bond acceptors (Lipinski definition) is 7. The van der Waals surface area contributed by atoms with E-state index < -0.39 is 0 Å². The summed E-state index contributed by atoms with van der Waals surface area (Å²) in [5, 5.41) is 3.68. The first kappa shape index (κ1) is 33.1. The van der Waals surface area contributed by atoms with Gasteiger partial charge < -0.3 is 19.9 Å². The Balaban J connectivity index is 4.68. The molecule has 7 nitrogen and oxygen atoms in total. The Morgan fingerprint density at radius 2 is 1.47 bits per heavy atom. The van der Waals surface area contributed by atoms with Crippen LogP contribution in [0.1, 0.15) is 98.8 Å². The maximum absolute atomic E-state index is 5.94. The number of hydrogen-bond donors (Lipinski definition) is 2. The number of ether oxygens (including phenoxy) is 3. The van der Waals surface area contributed by atoms with Crippen molar-refractivity contribution in [1.29, 1.82) is 0 Å². The molecule has 2 unspecified atom stereocenters. The smallest absolute Gasteiger partial charge is 0.137 e. The zero-order chi connectivity index (χ0) is 25.3. The second-order valence-corrected chi connectivity index (χ2v) is 8.80. The van der Waals surface area contributed by atoms with E-state index in [1.54, 1.807) is 0 Å². The zero-order valence-corrected chi connectivity index (χ0v) is 23.1. The van der Waals surface area contributed by atoms with Crippen LogP contribution in [0.4, 0.5) is 0 Å². The lowest BCUT2D eigenvalue weighted by Gasteiger charge is -2.28. The molecule has 0 saturated carbocycles. The van der Waals surface area contributed by atoms with Crippen molar-refractivity contribution in [3.05, 3.63) is 0 Å². The van der Waals surface area contributed by atoms with E-state index in [9.17, 15) is 0 Å². The first-order valence-corrected chi connectivity index (χ1v) is 13.9. The predicted octanol–water partition coefficient (Wildman–Crippen LogP) is 5.37. The monoisotopic (exact) mass is 484 g/mol. The van der Waals surface area contributed by atoms with Crippen LogP contribution in [0.15, 0.2) is 9.98 Å². The molecule has 0 amide bonds. The molecule has 202 valence electrons. The molecule has 0 spiro atoms. The van der Waals surface area contributed by atoms with Gasteiger partial charge in [-0.25, -0.2) is 0 Å². The number of aliphatic imine (C=N–C) groups is 2. The van der Waals surface area contributed by atoms with Gasteiger partial charge >= 0.3 is 0 Å². The van der Waals surface area contributed by atoms with Gasteiger partial charge in [0.25, 0.3) is 0 Å². The summed E-state index contributed by atoms with van der Waals surface area (Å²) in [6.07, 6.45) is 11.1. The maximum Gasteiger partial charge on any atom is 0.137 e. The van der Waals surface area contributed by atoms with Crippen molar-refractivity contribution in [2.45, 2.75) is 105 Å². The van der Waals surface area contributed by atoms with E-state index >= 15 is 0 Å². The topological polar surface area (TPSA) is 90.5 Å². The molecule has 2 atom stereocenters. The normalized spacial score (nSPS) is 14.5. The minimum absolute atomic E-state index is 0.359. The van der Waals surface area contributed by atoms with E-state index in [-0.39, 0.29) is 0 Å². The molecule has 0 aromatic rings. The van der Waals surface area contributed by atoms with Gasteiger partial charge in [-0.05, 0) is 51.4 Å². The zero-order valence-electron chi connectivity index (χ0n) is 23.1. The Morgan fingerprint density at radius 1 is 0.765 bits per heavy atom. The summed E-state index contributed by atoms with van der Waals surface area (Å²) < 4.78 is 16.9. The van der Waals surface area contributed by atoms with Crippen LogP contribution in [0.2, 0.25) is 0 Å². The van der Waals surface area contributed by atoms with Crippen molar-refractivity contribution in [3.8, 4) is 0 Å². The van der Waals surface area contributed by atoms with Crippen LogP contribution in [0.25, 0.3) is 0 Å². The molecule has 0 aromatic heterocycles. The molecule has 0 saturated heterocycles. The van der Waals surface area contributed by atoms with Crippen molar-refractivity contribution in [1.82, 2.24) is 5.32 Å². The summed E-state index contributed by atoms with van der Waals surface area (Å²) in [5.74, 6) is 0.678. The highest BCUT2D eigenvalue weighted by Crippen LogP contribution is 2.21. The highest BCUT2D eigenvalue weighted by Gasteiger charge is 2.19. The van der Waals surface area contributed by atoms with Crippen LogP contribution in [-0.2, 0) is 14.2 Å². The Labute approximate surface area is 210 Å². The third-order valence-electron chi connectivity index (χ3n) is 5.80. The molecule has 0 aliphatic heterocycles. The summed E-state index contributed by atoms with van der Waals surface area (Å²) in [6, 6.07) is 0.502. The van der Waals surface area contributed by atoms with Gasteiger partial charge in [0.05, 0.1) is 37.9 Å². The predicted molar refractivity (Wildman–Crippen MR) is 146 cm³/mol. The second kappa shape index (κ2) is 25.2. The standard InChI is InChI=1S/C27H56N4O3/c1-6-12-24(16-11-19-32-10-5)25(13-7-2)30-22-34-21-18-29-26(14-8-3)27(15-9-4)31-23-33-20-17-28/h24-25,30H,6-23,28H2,1-5H3. The van der Waals surface area contributed by atoms with Crippen molar-refractivity contribution in [2.75, 3.05) is 53.0 Å². The van der Waals surface area contributed by atoms with Gasteiger partial charge in [-0.1, -0.05) is 53.4 Å². The Morgan fingerprint density at radius 3 is 2.09 bits per heavy atom. The van der Waals surface area contributed by atoms with Gasteiger partial charge in [0.2, 0.25) is 0 Å². The van der Waals surface area contributed by atoms with Crippen LogP contribution in [0.5, 0.6) is 0 Å². The summed E-state index contributed by atoms with van der Waals surface area (Å²) in [7, 11) is 0. The Kier molecular flexibility index (Phi) is 24.6. The molecule has 0 heterocycles. The van der Waals surface area contributed by atoms with E-state index in [1.165, 1.54) is 32.1 Å². The molecular formula is C27H56N4O3. The molecule has 0 aliphatic carbocycles. The van der Waals surface area contributed by atoms with Gasteiger partial charge in [0, 0.05) is 25.8 Å². The van der Waals surface area contributed by atoms with E-state index in [4.69, 9.17) is 24.9 Å². The molecule has 0 aromatic carbocycles. The first-order valence-electron chi connectivity index (χ1n) is 13.9. The Hall–Kier alpha value is -0.860. The SMILES string of the molecule is CCCC(=NCCOCNC(CCC)C(CCC)CCCOCC)C(CCC)=NCOCCN. The van der Waals surface area contributed by atoms with Crippen molar-refractivity contribution in [3.63, 3.8) is 0 Å². The number of nitrogens with two attached hydrogens (primary N) is 1. The lowest BCUT2D eigenvalue weighted by Crippen LogP contribution is -2.38. The van der Waals surface area contributed by atoms with E-state index in [0.29, 0.717) is 51.7 Å². The molecular weight excluding hydrogens is 428 g/mol. The van der Waals surface area contributed by atoms with Crippen LogP contribution in [0.3, 0.4) is 0 Å². The van der Waals surface area contributed by atoms with E-state index in [0.717, 1.165) is 56.7 Å². The minimum atomic E-state index is 0.359. The van der Waals surface area contributed by atoms with Crippen molar-refractivity contribution in [2.24, 2.45) is 21.6 Å². The summed E-state index contributed by atoms with van der Waals surface area (Å²) in [6.45, 7) is 15.9. The van der Waals surface area contributed by atoms with E-state index in [2.05, 4.69) is 44.9 Å². The average molecular weight is 485 g/mol. The maximum atomic E-state index is 5.94. The van der Waals surface area contributed by atoms with Crippen molar-refractivity contribution >= 4 is 11.4 Å². The Bertz CT molecular complexity index is 500. The lowest BCUT2D eigenvalue weighted by molar-refractivity contribution is 0.0979. The minimum Gasteiger partial charge on any atom is -0.382 e. The summed E-state index contributed by atoms with van der Waals surface area (Å²) in [5.41, 5.74) is 7.66. The van der Waals surface area contributed by atoms with Crippen molar-refractivity contribution < 1.29 is 14.2 Å². The van der Waals surface area contributed by atoms with Crippen LogP contribution in [-0.4, -0.2) is 70.4 Å².